The predicted octanol–water partition coefficient (Wildman–Crippen LogP) is 4.22. The van der Waals surface area contributed by atoms with E-state index in [2.05, 4.69) is 45.0 Å². The van der Waals surface area contributed by atoms with Gasteiger partial charge in [0.1, 0.15) is 0 Å². The Hall–Kier alpha value is -0.820. The molecule has 0 spiro atoms. The topological polar surface area (TPSA) is 9.23 Å². The fraction of sp³-hybridized carbons (Fsp3) is 0.647. The maximum atomic E-state index is 6.52. The summed E-state index contributed by atoms with van der Waals surface area (Å²) in [5.41, 5.74) is 3.46. The van der Waals surface area contributed by atoms with Crippen LogP contribution in [0.25, 0.3) is 0 Å². The fourth-order valence-corrected chi connectivity index (χ4v) is 4.82. The summed E-state index contributed by atoms with van der Waals surface area (Å²) in [5, 5.41) is 0. The van der Waals surface area contributed by atoms with Crippen molar-refractivity contribution in [3.8, 4) is 0 Å². The lowest BCUT2D eigenvalue weighted by Crippen LogP contribution is -2.50. The second-order valence-corrected chi connectivity index (χ2v) is 7.22. The molecule has 4 atom stereocenters. The summed E-state index contributed by atoms with van der Waals surface area (Å²) in [6.45, 7) is 7.04. The molecule has 1 saturated carbocycles. The van der Waals surface area contributed by atoms with E-state index in [1.807, 2.05) is 0 Å². The number of hydrogen-bond acceptors (Lipinski definition) is 1. The van der Waals surface area contributed by atoms with Crippen LogP contribution in [-0.2, 0) is 10.2 Å². The third-order valence-corrected chi connectivity index (χ3v) is 6.03. The molecule has 0 amide bonds. The van der Waals surface area contributed by atoms with Gasteiger partial charge in [-0.05, 0) is 61.5 Å². The van der Waals surface area contributed by atoms with Crippen molar-refractivity contribution in [3.05, 3.63) is 35.4 Å². The van der Waals surface area contributed by atoms with E-state index in [9.17, 15) is 0 Å². The fourth-order valence-electron chi connectivity index (χ4n) is 4.82. The van der Waals surface area contributed by atoms with Gasteiger partial charge in [0.15, 0.2) is 0 Å². The lowest BCUT2D eigenvalue weighted by Gasteiger charge is -2.52. The Morgan fingerprint density at radius 2 is 1.94 bits per heavy atom. The summed E-state index contributed by atoms with van der Waals surface area (Å²) in [5.74, 6) is 1.46. The van der Waals surface area contributed by atoms with Crippen LogP contribution in [0.3, 0.4) is 0 Å². The summed E-state index contributed by atoms with van der Waals surface area (Å²) in [7, 11) is 0. The molecule has 1 aromatic rings. The molecule has 1 heteroatoms. The standard InChI is InChI=1S/C17H22O/c1-16(2)11-8-9-17(3)13-7-5-4-6-12(13)15(18-16)14(17)10-11/h4-7,11,14-15H,8-10H2,1-3H3/t11-,14-,15-,17?/m0/s1. The van der Waals surface area contributed by atoms with E-state index >= 15 is 0 Å². The first kappa shape index (κ1) is 11.0. The molecule has 2 aliphatic carbocycles. The first-order chi connectivity index (χ1) is 8.52. The second-order valence-electron chi connectivity index (χ2n) is 7.22. The van der Waals surface area contributed by atoms with Gasteiger partial charge in [0, 0.05) is 0 Å². The first-order valence-electron chi connectivity index (χ1n) is 7.29. The average molecular weight is 242 g/mol. The molecule has 2 fully saturated rings. The molecule has 18 heavy (non-hydrogen) atoms. The molecule has 4 rings (SSSR count). The monoisotopic (exact) mass is 242 g/mol. The number of fused-ring (bicyclic) bond motifs is 4. The van der Waals surface area contributed by atoms with Crippen LogP contribution < -0.4 is 0 Å². The van der Waals surface area contributed by atoms with Gasteiger partial charge in [-0.2, -0.15) is 0 Å². The Morgan fingerprint density at radius 3 is 2.78 bits per heavy atom. The molecule has 1 saturated heterocycles. The zero-order valence-corrected chi connectivity index (χ0v) is 11.6. The largest absolute Gasteiger partial charge is 0.367 e. The molecule has 2 bridgehead atoms. The first-order valence-corrected chi connectivity index (χ1v) is 7.29. The summed E-state index contributed by atoms with van der Waals surface area (Å²) in [6.07, 6.45) is 4.35. The molecule has 1 unspecified atom stereocenters. The van der Waals surface area contributed by atoms with Crippen molar-refractivity contribution in [2.24, 2.45) is 11.8 Å². The van der Waals surface area contributed by atoms with Crippen LogP contribution in [0.4, 0.5) is 0 Å². The maximum Gasteiger partial charge on any atom is 0.0871 e. The molecule has 0 N–H and O–H groups in total. The number of hydrogen-bond donors (Lipinski definition) is 0. The minimum absolute atomic E-state index is 0.0555. The van der Waals surface area contributed by atoms with Crippen molar-refractivity contribution in [2.75, 3.05) is 0 Å². The average Bonchev–Trinajstić information content (AvgIpc) is 2.61. The number of rotatable bonds is 0. The smallest absolute Gasteiger partial charge is 0.0871 e. The predicted molar refractivity (Wildman–Crippen MR) is 72.5 cm³/mol. The molecule has 1 aliphatic heterocycles. The van der Waals surface area contributed by atoms with Gasteiger partial charge in [0.25, 0.3) is 0 Å². The van der Waals surface area contributed by atoms with Gasteiger partial charge in [-0.1, -0.05) is 31.2 Å². The van der Waals surface area contributed by atoms with E-state index in [0.29, 0.717) is 17.4 Å². The summed E-state index contributed by atoms with van der Waals surface area (Å²) in [6, 6.07) is 8.99. The van der Waals surface area contributed by atoms with E-state index in [0.717, 1.165) is 5.92 Å². The van der Waals surface area contributed by atoms with Crippen molar-refractivity contribution in [3.63, 3.8) is 0 Å². The molecule has 96 valence electrons. The van der Waals surface area contributed by atoms with Gasteiger partial charge in [-0.3, -0.25) is 0 Å². The van der Waals surface area contributed by atoms with Gasteiger partial charge in [0.2, 0.25) is 0 Å². The molecule has 3 aliphatic rings. The molecular weight excluding hydrogens is 220 g/mol. The zero-order valence-electron chi connectivity index (χ0n) is 11.6. The minimum Gasteiger partial charge on any atom is -0.367 e. The van der Waals surface area contributed by atoms with Gasteiger partial charge in [0.05, 0.1) is 11.7 Å². The van der Waals surface area contributed by atoms with Crippen molar-refractivity contribution in [1.82, 2.24) is 0 Å². The molecular formula is C17H22O. The van der Waals surface area contributed by atoms with Crippen molar-refractivity contribution < 1.29 is 4.74 Å². The third-order valence-electron chi connectivity index (χ3n) is 6.03. The second kappa shape index (κ2) is 3.19. The van der Waals surface area contributed by atoms with Crippen LogP contribution in [0.5, 0.6) is 0 Å². The van der Waals surface area contributed by atoms with E-state index in [1.165, 1.54) is 24.8 Å². The highest BCUT2D eigenvalue weighted by Gasteiger charge is 2.58. The van der Waals surface area contributed by atoms with Crippen LogP contribution >= 0.6 is 0 Å². The number of benzene rings is 1. The molecule has 0 aromatic heterocycles. The van der Waals surface area contributed by atoms with Crippen molar-refractivity contribution >= 4 is 0 Å². The molecule has 1 nitrogen and oxygen atoms in total. The van der Waals surface area contributed by atoms with Gasteiger partial charge in [-0.25, -0.2) is 0 Å². The van der Waals surface area contributed by atoms with Crippen LogP contribution in [0, 0.1) is 11.8 Å². The van der Waals surface area contributed by atoms with E-state index < -0.39 is 0 Å². The van der Waals surface area contributed by atoms with Crippen molar-refractivity contribution in [2.45, 2.75) is 57.2 Å². The van der Waals surface area contributed by atoms with Crippen molar-refractivity contribution in [1.29, 1.82) is 0 Å². The summed E-state index contributed by atoms with van der Waals surface area (Å²) in [4.78, 5) is 0. The SMILES string of the molecule is CC1(C)O[C@H]2c3ccccc3C3(C)CC[C@H]1C[C@@H]23. The minimum atomic E-state index is 0.0555. The summed E-state index contributed by atoms with van der Waals surface area (Å²) >= 11 is 0. The highest BCUT2D eigenvalue weighted by Crippen LogP contribution is 2.63. The van der Waals surface area contributed by atoms with Crippen LogP contribution in [-0.4, -0.2) is 5.60 Å². The number of ether oxygens (including phenoxy) is 1. The zero-order chi connectivity index (χ0) is 12.5. The molecule has 0 radical (unpaired) electrons. The van der Waals surface area contributed by atoms with Gasteiger partial charge < -0.3 is 4.74 Å². The van der Waals surface area contributed by atoms with Gasteiger partial charge >= 0.3 is 0 Å². The molecule has 1 heterocycles. The highest BCUT2D eigenvalue weighted by molar-refractivity contribution is 5.44. The van der Waals surface area contributed by atoms with E-state index in [1.54, 1.807) is 5.56 Å². The third kappa shape index (κ3) is 1.17. The normalized spacial score (nSPS) is 43.6. The lowest BCUT2D eigenvalue weighted by molar-refractivity contribution is -0.192. The van der Waals surface area contributed by atoms with Gasteiger partial charge in [-0.15, -0.1) is 0 Å². The van der Waals surface area contributed by atoms with Crippen LogP contribution in [0.2, 0.25) is 0 Å². The molecule has 1 aromatic carbocycles. The quantitative estimate of drug-likeness (QED) is 0.661. The van der Waals surface area contributed by atoms with E-state index in [4.69, 9.17) is 4.74 Å². The maximum absolute atomic E-state index is 6.52. The van der Waals surface area contributed by atoms with Crippen LogP contribution in [0.1, 0.15) is 57.3 Å². The van der Waals surface area contributed by atoms with Crippen LogP contribution in [0.15, 0.2) is 24.3 Å². The Bertz CT molecular complexity index is 504. The lowest BCUT2D eigenvalue weighted by atomic mass is 9.60. The Kier molecular flexibility index (Phi) is 1.96. The Balaban J connectivity index is 1.91. The highest BCUT2D eigenvalue weighted by atomic mass is 16.5. The summed E-state index contributed by atoms with van der Waals surface area (Å²) < 4.78 is 6.52. The van der Waals surface area contributed by atoms with E-state index in [-0.39, 0.29) is 5.60 Å². The Morgan fingerprint density at radius 1 is 1.17 bits per heavy atom. The Labute approximate surface area is 110 Å².